The zero-order valence-electron chi connectivity index (χ0n) is 15.5. The minimum atomic E-state index is 0.0338. The quantitative estimate of drug-likeness (QED) is 0.707. The number of hydrogen-bond donors (Lipinski definition) is 0. The second-order valence-corrected chi connectivity index (χ2v) is 7.46. The maximum atomic E-state index is 13.0. The van der Waals surface area contributed by atoms with Crippen molar-refractivity contribution in [1.82, 2.24) is 29.7 Å². The zero-order valence-corrected chi connectivity index (χ0v) is 15.5. The van der Waals surface area contributed by atoms with E-state index in [1.54, 1.807) is 11.8 Å². The van der Waals surface area contributed by atoms with Gasteiger partial charge in [-0.05, 0) is 37.5 Å². The van der Waals surface area contributed by atoms with Crippen molar-refractivity contribution in [2.45, 2.75) is 31.2 Å². The van der Waals surface area contributed by atoms with Crippen LogP contribution in [0.5, 0.6) is 5.88 Å². The summed E-state index contributed by atoms with van der Waals surface area (Å²) in [6, 6.07) is 5.80. The second kappa shape index (κ2) is 6.07. The standard InChI is InChI=1S/C19H22N6O2/c1-23-19(27-2)15-6-5-13(9-16(15)21-23)18(26)24-8-7-14(10-24)25-11-17(20-22-25)12-3-4-12/h5-6,9,11-12,14H,3-4,7-8,10H2,1-2H3. The van der Waals surface area contributed by atoms with Gasteiger partial charge in [-0.3, -0.25) is 4.79 Å². The van der Waals surface area contributed by atoms with Crippen molar-refractivity contribution >= 4 is 16.8 Å². The number of hydrogen-bond acceptors (Lipinski definition) is 5. The number of methoxy groups -OCH3 is 1. The van der Waals surface area contributed by atoms with Gasteiger partial charge in [0.25, 0.3) is 5.91 Å². The van der Waals surface area contributed by atoms with E-state index in [1.807, 2.05) is 34.8 Å². The lowest BCUT2D eigenvalue weighted by Gasteiger charge is -2.16. The highest BCUT2D eigenvalue weighted by Gasteiger charge is 2.31. The van der Waals surface area contributed by atoms with E-state index in [0.29, 0.717) is 23.9 Å². The minimum Gasteiger partial charge on any atom is -0.481 e. The number of ether oxygens (including phenoxy) is 1. The number of likely N-dealkylation sites (tertiary alicyclic amines) is 1. The van der Waals surface area contributed by atoms with E-state index in [-0.39, 0.29) is 11.9 Å². The fourth-order valence-corrected chi connectivity index (χ4v) is 3.91. The number of amides is 1. The number of rotatable bonds is 4. The summed E-state index contributed by atoms with van der Waals surface area (Å²) in [6.45, 7) is 1.39. The lowest BCUT2D eigenvalue weighted by Crippen LogP contribution is -2.29. The molecule has 8 nitrogen and oxygen atoms in total. The lowest BCUT2D eigenvalue weighted by atomic mass is 10.1. The van der Waals surface area contributed by atoms with Gasteiger partial charge < -0.3 is 9.64 Å². The number of fused-ring (bicyclic) bond motifs is 1. The average molecular weight is 366 g/mol. The largest absolute Gasteiger partial charge is 0.481 e. The molecule has 0 radical (unpaired) electrons. The fourth-order valence-electron chi connectivity index (χ4n) is 3.91. The van der Waals surface area contributed by atoms with Crippen molar-refractivity contribution in [2.24, 2.45) is 7.05 Å². The van der Waals surface area contributed by atoms with Crippen molar-refractivity contribution in [3.05, 3.63) is 35.7 Å². The molecule has 1 atom stereocenters. The Bertz CT molecular complexity index is 1020. The molecular weight excluding hydrogens is 344 g/mol. The monoisotopic (exact) mass is 366 g/mol. The van der Waals surface area contributed by atoms with Crippen LogP contribution in [0.25, 0.3) is 10.9 Å². The van der Waals surface area contributed by atoms with Gasteiger partial charge in [0.15, 0.2) is 0 Å². The first kappa shape index (κ1) is 16.3. The van der Waals surface area contributed by atoms with Gasteiger partial charge >= 0.3 is 0 Å². The average Bonchev–Trinajstić information content (AvgIpc) is 3.09. The highest BCUT2D eigenvalue weighted by atomic mass is 16.5. The van der Waals surface area contributed by atoms with E-state index >= 15 is 0 Å². The van der Waals surface area contributed by atoms with E-state index in [9.17, 15) is 4.79 Å². The number of benzene rings is 1. The molecule has 3 aromatic rings. The molecule has 1 amide bonds. The SMILES string of the molecule is COc1c2ccc(C(=O)N3CCC(n4cc(C5CC5)nn4)C3)cc2nn1C. The van der Waals surface area contributed by atoms with Crippen LogP contribution >= 0.6 is 0 Å². The first-order valence-corrected chi connectivity index (χ1v) is 9.36. The molecule has 0 spiro atoms. The Balaban J connectivity index is 1.34. The number of nitrogens with zero attached hydrogens (tertiary/aromatic N) is 6. The van der Waals surface area contributed by atoms with E-state index in [1.165, 1.54) is 12.8 Å². The highest BCUT2D eigenvalue weighted by molar-refractivity contribution is 5.98. The van der Waals surface area contributed by atoms with Gasteiger partial charge in [0.05, 0.1) is 29.7 Å². The van der Waals surface area contributed by atoms with E-state index in [4.69, 9.17) is 4.74 Å². The molecule has 1 unspecified atom stereocenters. The third kappa shape index (κ3) is 2.75. The molecule has 1 aromatic carbocycles. The molecular formula is C19H22N6O2. The summed E-state index contributed by atoms with van der Waals surface area (Å²) in [5.41, 5.74) is 2.51. The predicted octanol–water partition coefficient (Wildman–Crippen LogP) is 2.14. The number of aromatic nitrogens is 5. The van der Waals surface area contributed by atoms with Gasteiger partial charge in [0.1, 0.15) is 0 Å². The number of carbonyl (C=O) groups is 1. The zero-order chi connectivity index (χ0) is 18.5. The summed E-state index contributed by atoms with van der Waals surface area (Å²) in [5.74, 6) is 1.33. The molecule has 1 aliphatic carbocycles. The molecule has 1 aliphatic heterocycles. The Morgan fingerprint density at radius 2 is 2.11 bits per heavy atom. The Morgan fingerprint density at radius 1 is 1.26 bits per heavy atom. The smallest absolute Gasteiger partial charge is 0.254 e. The molecule has 8 heteroatoms. The van der Waals surface area contributed by atoms with Gasteiger partial charge in [-0.15, -0.1) is 5.10 Å². The summed E-state index contributed by atoms with van der Waals surface area (Å²) in [5, 5.41) is 13.9. The van der Waals surface area contributed by atoms with Crippen LogP contribution < -0.4 is 4.74 Å². The molecule has 27 heavy (non-hydrogen) atoms. The summed E-state index contributed by atoms with van der Waals surface area (Å²) < 4.78 is 9.00. The van der Waals surface area contributed by atoms with Crippen molar-refractivity contribution < 1.29 is 9.53 Å². The minimum absolute atomic E-state index is 0.0338. The fraction of sp³-hybridized carbons (Fsp3) is 0.474. The third-order valence-corrected chi connectivity index (χ3v) is 5.57. The van der Waals surface area contributed by atoms with Crippen molar-refractivity contribution in [3.8, 4) is 5.88 Å². The van der Waals surface area contributed by atoms with Crippen molar-refractivity contribution in [2.75, 3.05) is 20.2 Å². The Hall–Kier alpha value is -2.90. The van der Waals surface area contributed by atoms with Gasteiger partial charge in [-0.1, -0.05) is 5.21 Å². The Labute approximate surface area is 156 Å². The van der Waals surface area contributed by atoms with Gasteiger partial charge in [-0.2, -0.15) is 5.10 Å². The molecule has 0 N–H and O–H groups in total. The molecule has 140 valence electrons. The van der Waals surface area contributed by atoms with Crippen LogP contribution in [0, 0.1) is 0 Å². The highest BCUT2D eigenvalue weighted by Crippen LogP contribution is 2.39. The topological polar surface area (TPSA) is 78.1 Å². The van der Waals surface area contributed by atoms with Crippen LogP contribution in [0.15, 0.2) is 24.4 Å². The van der Waals surface area contributed by atoms with Crippen LogP contribution in [-0.4, -0.2) is 55.8 Å². The molecule has 1 saturated heterocycles. The van der Waals surface area contributed by atoms with Crippen LogP contribution in [0.4, 0.5) is 0 Å². The van der Waals surface area contributed by atoms with Crippen molar-refractivity contribution in [1.29, 1.82) is 0 Å². The summed E-state index contributed by atoms with van der Waals surface area (Å²) >= 11 is 0. The van der Waals surface area contributed by atoms with Crippen molar-refractivity contribution in [3.63, 3.8) is 0 Å². The molecule has 3 heterocycles. The number of carbonyl (C=O) groups excluding carboxylic acids is 1. The molecule has 2 aliphatic rings. The van der Waals surface area contributed by atoms with E-state index in [2.05, 4.69) is 21.6 Å². The van der Waals surface area contributed by atoms with E-state index in [0.717, 1.165) is 29.6 Å². The first-order valence-electron chi connectivity index (χ1n) is 9.36. The van der Waals surface area contributed by atoms with Gasteiger partial charge in [-0.25, -0.2) is 9.36 Å². The maximum Gasteiger partial charge on any atom is 0.254 e. The normalized spacial score (nSPS) is 19.8. The summed E-state index contributed by atoms with van der Waals surface area (Å²) in [6.07, 6.45) is 5.39. The second-order valence-electron chi connectivity index (χ2n) is 7.46. The molecule has 5 rings (SSSR count). The predicted molar refractivity (Wildman–Crippen MR) is 98.8 cm³/mol. The molecule has 1 saturated carbocycles. The lowest BCUT2D eigenvalue weighted by molar-refractivity contribution is 0.0787. The third-order valence-electron chi connectivity index (χ3n) is 5.57. The van der Waals surface area contributed by atoms with Crippen LogP contribution in [-0.2, 0) is 7.05 Å². The van der Waals surface area contributed by atoms with E-state index < -0.39 is 0 Å². The molecule has 2 aromatic heterocycles. The summed E-state index contributed by atoms with van der Waals surface area (Å²) in [4.78, 5) is 14.9. The van der Waals surface area contributed by atoms with Crippen LogP contribution in [0.3, 0.4) is 0 Å². The first-order chi connectivity index (χ1) is 13.1. The van der Waals surface area contributed by atoms with Crippen LogP contribution in [0.1, 0.15) is 47.3 Å². The number of aryl methyl sites for hydroxylation is 1. The van der Waals surface area contributed by atoms with Crippen LogP contribution in [0.2, 0.25) is 0 Å². The molecule has 2 fully saturated rings. The maximum absolute atomic E-state index is 13.0. The van der Waals surface area contributed by atoms with Gasteiger partial charge in [0.2, 0.25) is 5.88 Å². The molecule has 0 bridgehead atoms. The van der Waals surface area contributed by atoms with Gasteiger partial charge in [0, 0.05) is 37.8 Å². The Morgan fingerprint density at radius 3 is 2.89 bits per heavy atom. The Kier molecular flexibility index (Phi) is 3.66. The summed E-state index contributed by atoms with van der Waals surface area (Å²) in [7, 11) is 3.46.